The van der Waals surface area contributed by atoms with Gasteiger partial charge in [0, 0.05) is 0 Å². The molecule has 0 spiro atoms. The van der Waals surface area contributed by atoms with E-state index >= 15 is 0 Å². The molecule has 0 bridgehead atoms. The molecule has 0 aromatic carbocycles. The van der Waals surface area contributed by atoms with E-state index in [2.05, 4.69) is 27.4 Å². The smallest absolute Gasteiger partial charge is 0.102 e. The summed E-state index contributed by atoms with van der Waals surface area (Å²) in [6, 6.07) is 0. The number of aliphatic hydroxyl groups is 1. The van der Waals surface area contributed by atoms with Crippen LogP contribution in [0.3, 0.4) is 0 Å². The second-order valence-electron chi connectivity index (χ2n) is 5.03. The molecule has 19 heavy (non-hydrogen) atoms. The van der Waals surface area contributed by atoms with Gasteiger partial charge in [-0.3, -0.25) is 0 Å². The van der Waals surface area contributed by atoms with Crippen molar-refractivity contribution in [1.82, 2.24) is 0 Å². The zero-order valence-corrected chi connectivity index (χ0v) is 13.1. The number of hydrogen-bond acceptors (Lipinski definition) is 3. The van der Waals surface area contributed by atoms with Crippen LogP contribution in [0.1, 0.15) is 47.0 Å². The summed E-state index contributed by atoms with van der Waals surface area (Å²) >= 11 is 0. The van der Waals surface area contributed by atoms with Gasteiger partial charge in [-0.25, -0.2) is 0 Å². The van der Waals surface area contributed by atoms with Gasteiger partial charge in [-0.2, -0.15) is 0 Å². The molecule has 0 atom stereocenters. The van der Waals surface area contributed by atoms with Crippen molar-refractivity contribution < 1.29 is 19.5 Å². The molecule has 0 aromatic rings. The van der Waals surface area contributed by atoms with E-state index in [4.69, 9.17) is 5.11 Å². The van der Waals surface area contributed by atoms with Crippen molar-refractivity contribution in [2.75, 3.05) is 32.8 Å². The van der Waals surface area contributed by atoms with Gasteiger partial charge in [-0.1, -0.05) is 27.4 Å². The number of aliphatic carboxylic acids is 1. The van der Waals surface area contributed by atoms with Crippen LogP contribution in [0.2, 0.25) is 0 Å². The zero-order valence-electron chi connectivity index (χ0n) is 13.1. The van der Waals surface area contributed by atoms with Crippen LogP contribution in [-0.4, -0.2) is 48.3 Å². The van der Waals surface area contributed by atoms with E-state index in [0.717, 1.165) is 11.0 Å². The van der Waals surface area contributed by atoms with Crippen molar-refractivity contribution in [1.29, 1.82) is 0 Å². The minimum absolute atomic E-state index is 0.0648. The fourth-order valence-corrected chi connectivity index (χ4v) is 2.31. The Hall–Kier alpha value is -0.870. The number of carbonyl (C=O) groups is 1. The highest BCUT2D eigenvalue weighted by molar-refractivity contribution is 5.82. The van der Waals surface area contributed by atoms with E-state index in [1.807, 2.05) is 0 Å². The number of carboxylic acid groups (broad SMARTS) is 1. The van der Waals surface area contributed by atoms with E-state index in [1.54, 1.807) is 0 Å². The van der Waals surface area contributed by atoms with Crippen molar-refractivity contribution in [2.24, 2.45) is 0 Å². The van der Waals surface area contributed by atoms with Crippen molar-refractivity contribution in [2.45, 2.75) is 47.0 Å². The third-order valence-electron chi connectivity index (χ3n) is 3.02. The third kappa shape index (κ3) is 10.7. The molecule has 0 fully saturated rings. The Morgan fingerprint density at radius 1 is 1.05 bits per heavy atom. The molecule has 0 radical (unpaired) electrons. The van der Waals surface area contributed by atoms with Gasteiger partial charge in [-0.05, 0) is 31.8 Å². The molecule has 0 heterocycles. The molecular formula is C15H31NO3. The van der Waals surface area contributed by atoms with Crippen LogP contribution in [0.4, 0.5) is 0 Å². The number of aliphatic hydroxyl groups excluding tert-OH is 1. The molecule has 0 rings (SSSR count). The first-order chi connectivity index (χ1) is 8.89. The Bertz CT molecular complexity index is 210. The van der Waals surface area contributed by atoms with Crippen LogP contribution in [-0.2, 0) is 4.79 Å². The van der Waals surface area contributed by atoms with E-state index in [1.165, 1.54) is 45.8 Å². The predicted molar refractivity (Wildman–Crippen MR) is 77.5 cm³/mol. The summed E-state index contributed by atoms with van der Waals surface area (Å²) in [6.07, 6.45) is 3.67. The maximum Gasteiger partial charge on any atom is 0.102 e. The lowest BCUT2D eigenvalue weighted by molar-refractivity contribution is -0.928. The standard InChI is InChI=1S/C11H26NO.C4H6O2/c1-4-7-12(8-5-2,9-6-3)10-11-13;1-3(2)4(5)6/h13H,4-11H2,1-3H3;1H2,2H3,(H,5,6)/q+1;/p-1. The predicted octanol–water partition coefficient (Wildman–Crippen LogP) is 1.34. The lowest BCUT2D eigenvalue weighted by Crippen LogP contribution is -2.51. The van der Waals surface area contributed by atoms with Gasteiger partial charge >= 0.3 is 0 Å². The maximum atomic E-state index is 9.49. The van der Waals surface area contributed by atoms with Crippen molar-refractivity contribution in [3.8, 4) is 0 Å². The van der Waals surface area contributed by atoms with E-state index in [0.29, 0.717) is 6.61 Å². The second-order valence-corrected chi connectivity index (χ2v) is 5.03. The highest BCUT2D eigenvalue weighted by Crippen LogP contribution is 2.10. The monoisotopic (exact) mass is 273 g/mol. The van der Waals surface area contributed by atoms with Gasteiger partial charge in [0.1, 0.15) is 6.54 Å². The number of carbonyl (C=O) groups excluding carboxylic acids is 1. The molecular weight excluding hydrogens is 242 g/mol. The summed E-state index contributed by atoms with van der Waals surface area (Å²) in [5.41, 5.74) is 0.0648. The summed E-state index contributed by atoms with van der Waals surface area (Å²) in [6.45, 7) is 16.1. The minimum Gasteiger partial charge on any atom is -0.545 e. The lowest BCUT2D eigenvalue weighted by Gasteiger charge is -2.38. The van der Waals surface area contributed by atoms with Crippen molar-refractivity contribution in [3.63, 3.8) is 0 Å². The topological polar surface area (TPSA) is 60.4 Å². The average Bonchev–Trinajstić information content (AvgIpc) is 2.31. The number of quaternary nitrogens is 1. The Kier molecular flexibility index (Phi) is 13.1. The molecule has 0 unspecified atom stereocenters. The van der Waals surface area contributed by atoms with Crippen LogP contribution in [0.25, 0.3) is 0 Å². The van der Waals surface area contributed by atoms with Crippen molar-refractivity contribution >= 4 is 5.97 Å². The number of carboxylic acids is 1. The highest BCUT2D eigenvalue weighted by atomic mass is 16.4. The molecule has 4 heteroatoms. The number of nitrogens with zero attached hydrogens (tertiary/aromatic N) is 1. The Labute approximate surface area is 118 Å². The van der Waals surface area contributed by atoms with Crippen LogP contribution in [0.15, 0.2) is 12.2 Å². The van der Waals surface area contributed by atoms with E-state index in [-0.39, 0.29) is 5.57 Å². The summed E-state index contributed by atoms with van der Waals surface area (Å²) in [5.74, 6) is -1.19. The Morgan fingerprint density at radius 2 is 1.37 bits per heavy atom. The molecule has 0 amide bonds. The fourth-order valence-electron chi connectivity index (χ4n) is 2.31. The van der Waals surface area contributed by atoms with Crippen LogP contribution in [0, 0.1) is 0 Å². The lowest BCUT2D eigenvalue weighted by atomic mass is 10.2. The van der Waals surface area contributed by atoms with E-state index < -0.39 is 5.97 Å². The SMILES string of the molecule is C=C(C)C(=O)[O-].CCC[N+](CCC)(CCC)CCO. The van der Waals surface area contributed by atoms with Gasteiger partial charge in [0.2, 0.25) is 0 Å². The summed E-state index contributed by atoms with van der Waals surface area (Å²) < 4.78 is 1.12. The van der Waals surface area contributed by atoms with E-state index in [9.17, 15) is 9.90 Å². The number of rotatable bonds is 9. The Balaban J connectivity index is 0. The van der Waals surface area contributed by atoms with Gasteiger partial charge < -0.3 is 19.5 Å². The largest absolute Gasteiger partial charge is 0.545 e. The Morgan fingerprint density at radius 3 is 1.53 bits per heavy atom. The van der Waals surface area contributed by atoms with Crippen LogP contribution >= 0.6 is 0 Å². The zero-order chi connectivity index (χ0) is 15.3. The molecule has 114 valence electrons. The second kappa shape index (κ2) is 12.2. The summed E-state index contributed by atoms with van der Waals surface area (Å²) in [7, 11) is 0. The molecule has 1 N–H and O–H groups in total. The first kappa shape index (κ1) is 20.4. The summed E-state index contributed by atoms with van der Waals surface area (Å²) in [4.78, 5) is 9.49. The van der Waals surface area contributed by atoms with Gasteiger partial charge in [0.05, 0.1) is 32.2 Å². The van der Waals surface area contributed by atoms with Crippen molar-refractivity contribution in [3.05, 3.63) is 12.2 Å². The normalized spacial score (nSPS) is 10.6. The maximum absolute atomic E-state index is 9.49. The molecule has 0 saturated carbocycles. The average molecular weight is 273 g/mol. The molecule has 0 aromatic heterocycles. The van der Waals surface area contributed by atoms with Crippen LogP contribution in [0.5, 0.6) is 0 Å². The first-order valence-electron chi connectivity index (χ1n) is 7.21. The summed E-state index contributed by atoms with van der Waals surface area (Å²) in [5, 5.41) is 18.6. The molecule has 4 nitrogen and oxygen atoms in total. The van der Waals surface area contributed by atoms with Gasteiger partial charge in [0.25, 0.3) is 0 Å². The minimum atomic E-state index is -1.19. The molecule has 0 saturated heterocycles. The van der Waals surface area contributed by atoms with Gasteiger partial charge in [-0.15, -0.1) is 0 Å². The van der Waals surface area contributed by atoms with Gasteiger partial charge in [0.15, 0.2) is 0 Å². The number of hydrogen-bond donors (Lipinski definition) is 1. The molecule has 0 aliphatic rings. The quantitative estimate of drug-likeness (QED) is 0.509. The molecule has 0 aliphatic heterocycles. The highest BCUT2D eigenvalue weighted by Gasteiger charge is 2.23. The van der Waals surface area contributed by atoms with Crippen LogP contribution < -0.4 is 5.11 Å². The molecule has 0 aliphatic carbocycles. The third-order valence-corrected chi connectivity index (χ3v) is 3.02. The fraction of sp³-hybridized carbons (Fsp3) is 0.800. The first-order valence-corrected chi connectivity index (χ1v) is 7.21.